The number of rotatable bonds is 5. The first kappa shape index (κ1) is 17.0. The van der Waals surface area contributed by atoms with Gasteiger partial charge >= 0.3 is 6.03 Å². The van der Waals surface area contributed by atoms with Gasteiger partial charge in [0.1, 0.15) is 5.75 Å². The Bertz CT molecular complexity index is 905. The summed E-state index contributed by atoms with van der Waals surface area (Å²) >= 11 is 0. The van der Waals surface area contributed by atoms with E-state index < -0.39 is 0 Å². The number of urea groups is 1. The Morgan fingerprint density at radius 2 is 1.96 bits per heavy atom. The number of nitrogens with zero attached hydrogens (tertiary/aromatic N) is 4. The minimum absolute atomic E-state index is 0.0693. The minimum Gasteiger partial charge on any atom is -0.497 e. The van der Waals surface area contributed by atoms with Crippen molar-refractivity contribution in [3.8, 4) is 17.1 Å². The van der Waals surface area contributed by atoms with E-state index in [-0.39, 0.29) is 11.9 Å². The van der Waals surface area contributed by atoms with Crippen LogP contribution in [-0.4, -0.2) is 46.3 Å². The highest BCUT2D eigenvalue weighted by Gasteiger charge is 2.35. The molecule has 3 heterocycles. The molecule has 0 spiro atoms. The molecule has 0 atom stereocenters. The Labute approximate surface area is 156 Å². The number of carbonyl (C=O) groups excluding carboxylic acids is 1. The van der Waals surface area contributed by atoms with E-state index >= 15 is 0 Å². The lowest BCUT2D eigenvalue weighted by Gasteiger charge is -2.36. The number of ether oxygens (including phenoxy) is 1. The SMILES string of the molecule is COc1ccc(CNC(=O)N2CC(c3nc(-c4ccncc4)no3)C2)cc1. The van der Waals surface area contributed by atoms with Crippen molar-refractivity contribution in [2.45, 2.75) is 12.5 Å². The van der Waals surface area contributed by atoms with Crippen molar-refractivity contribution in [1.29, 1.82) is 0 Å². The van der Waals surface area contributed by atoms with E-state index in [2.05, 4.69) is 20.4 Å². The van der Waals surface area contributed by atoms with Gasteiger partial charge in [-0.3, -0.25) is 4.98 Å². The van der Waals surface area contributed by atoms with E-state index in [4.69, 9.17) is 9.26 Å². The highest BCUT2D eigenvalue weighted by atomic mass is 16.5. The maximum absolute atomic E-state index is 12.2. The zero-order chi connectivity index (χ0) is 18.6. The van der Waals surface area contributed by atoms with Crippen LogP contribution in [0, 0.1) is 0 Å². The molecule has 3 aromatic rings. The molecule has 1 saturated heterocycles. The van der Waals surface area contributed by atoms with Crippen LogP contribution in [0.2, 0.25) is 0 Å². The van der Waals surface area contributed by atoms with Crippen LogP contribution in [-0.2, 0) is 6.54 Å². The van der Waals surface area contributed by atoms with Crippen LogP contribution in [0.1, 0.15) is 17.4 Å². The van der Waals surface area contributed by atoms with Gasteiger partial charge in [-0.2, -0.15) is 4.98 Å². The summed E-state index contributed by atoms with van der Waals surface area (Å²) in [5.41, 5.74) is 1.87. The molecule has 1 aliphatic rings. The van der Waals surface area contributed by atoms with Gasteiger partial charge in [0, 0.05) is 37.6 Å². The summed E-state index contributed by atoms with van der Waals surface area (Å²) in [6, 6.07) is 11.2. The Balaban J connectivity index is 1.27. The third-order valence-electron chi connectivity index (χ3n) is 4.50. The van der Waals surface area contributed by atoms with E-state index in [9.17, 15) is 4.79 Å². The summed E-state index contributed by atoms with van der Waals surface area (Å²) in [6.07, 6.45) is 3.37. The lowest BCUT2D eigenvalue weighted by atomic mass is 10.0. The average molecular weight is 365 g/mol. The number of aromatic nitrogens is 3. The molecule has 8 heteroatoms. The molecule has 8 nitrogen and oxygen atoms in total. The van der Waals surface area contributed by atoms with Crippen LogP contribution >= 0.6 is 0 Å². The number of likely N-dealkylation sites (tertiary alicyclic amines) is 1. The fraction of sp³-hybridized carbons (Fsp3) is 0.263. The molecular weight excluding hydrogens is 346 g/mol. The zero-order valence-electron chi connectivity index (χ0n) is 14.8. The van der Waals surface area contributed by atoms with Gasteiger partial charge in [-0.25, -0.2) is 4.79 Å². The van der Waals surface area contributed by atoms with Crippen LogP contribution in [0.25, 0.3) is 11.4 Å². The predicted octanol–water partition coefficient (Wildman–Crippen LogP) is 2.45. The predicted molar refractivity (Wildman–Crippen MR) is 97.1 cm³/mol. The molecule has 2 amide bonds. The number of pyridine rings is 1. The first-order chi connectivity index (χ1) is 13.2. The van der Waals surface area contributed by atoms with E-state index in [1.165, 1.54) is 0 Å². The molecule has 0 aliphatic carbocycles. The van der Waals surface area contributed by atoms with E-state index in [0.717, 1.165) is 16.9 Å². The largest absolute Gasteiger partial charge is 0.497 e. The zero-order valence-corrected chi connectivity index (χ0v) is 14.8. The monoisotopic (exact) mass is 365 g/mol. The third-order valence-corrected chi connectivity index (χ3v) is 4.50. The van der Waals surface area contributed by atoms with Crippen LogP contribution in [0.3, 0.4) is 0 Å². The number of amides is 2. The van der Waals surface area contributed by atoms with Crippen LogP contribution in [0.5, 0.6) is 5.75 Å². The fourth-order valence-corrected chi connectivity index (χ4v) is 2.85. The number of benzene rings is 1. The van der Waals surface area contributed by atoms with Gasteiger partial charge in [-0.1, -0.05) is 17.3 Å². The molecular formula is C19H19N5O3. The van der Waals surface area contributed by atoms with Crippen molar-refractivity contribution >= 4 is 6.03 Å². The quantitative estimate of drug-likeness (QED) is 0.746. The van der Waals surface area contributed by atoms with Gasteiger partial charge in [0.2, 0.25) is 11.7 Å². The molecule has 0 bridgehead atoms. The molecule has 1 aliphatic heterocycles. The van der Waals surface area contributed by atoms with E-state index in [1.807, 2.05) is 36.4 Å². The Kier molecular flexibility index (Phi) is 4.69. The maximum atomic E-state index is 12.2. The molecule has 1 aromatic carbocycles. The van der Waals surface area contributed by atoms with Crippen molar-refractivity contribution in [3.63, 3.8) is 0 Å². The van der Waals surface area contributed by atoms with Crippen molar-refractivity contribution in [3.05, 3.63) is 60.2 Å². The summed E-state index contributed by atoms with van der Waals surface area (Å²) in [4.78, 5) is 22.4. The molecule has 0 unspecified atom stereocenters. The van der Waals surface area contributed by atoms with E-state index in [0.29, 0.717) is 31.3 Å². The van der Waals surface area contributed by atoms with Crippen molar-refractivity contribution in [2.75, 3.05) is 20.2 Å². The van der Waals surface area contributed by atoms with Gasteiger partial charge < -0.3 is 19.5 Å². The first-order valence-corrected chi connectivity index (χ1v) is 8.62. The molecule has 138 valence electrons. The third kappa shape index (κ3) is 3.74. The fourth-order valence-electron chi connectivity index (χ4n) is 2.85. The summed E-state index contributed by atoms with van der Waals surface area (Å²) in [5.74, 6) is 1.96. The lowest BCUT2D eigenvalue weighted by Crippen LogP contribution is -2.52. The normalized spacial score (nSPS) is 13.9. The molecule has 27 heavy (non-hydrogen) atoms. The van der Waals surface area contributed by atoms with Gasteiger partial charge in [0.05, 0.1) is 13.0 Å². The summed E-state index contributed by atoms with van der Waals surface area (Å²) < 4.78 is 10.5. The molecule has 4 rings (SSSR count). The van der Waals surface area contributed by atoms with E-state index in [1.54, 1.807) is 24.4 Å². The maximum Gasteiger partial charge on any atom is 0.317 e. The summed E-state index contributed by atoms with van der Waals surface area (Å²) in [5, 5.41) is 6.92. The van der Waals surface area contributed by atoms with Gasteiger partial charge in [0.25, 0.3) is 0 Å². The second-order valence-corrected chi connectivity index (χ2v) is 6.30. The topological polar surface area (TPSA) is 93.4 Å². The number of hydrogen-bond donors (Lipinski definition) is 1. The van der Waals surface area contributed by atoms with Crippen LogP contribution in [0.15, 0.2) is 53.3 Å². The van der Waals surface area contributed by atoms with Gasteiger partial charge in [-0.15, -0.1) is 0 Å². The Hall–Kier alpha value is -3.42. The average Bonchev–Trinajstić information content (AvgIpc) is 3.16. The van der Waals surface area contributed by atoms with Gasteiger partial charge in [0.15, 0.2) is 0 Å². The molecule has 1 fully saturated rings. The van der Waals surface area contributed by atoms with Crippen LogP contribution < -0.4 is 10.1 Å². The molecule has 0 radical (unpaired) electrons. The second-order valence-electron chi connectivity index (χ2n) is 6.30. The second kappa shape index (κ2) is 7.45. The number of methoxy groups -OCH3 is 1. The van der Waals surface area contributed by atoms with Crippen molar-refractivity contribution in [1.82, 2.24) is 25.3 Å². The summed E-state index contributed by atoms with van der Waals surface area (Å²) in [6.45, 7) is 1.59. The van der Waals surface area contributed by atoms with Crippen molar-refractivity contribution < 1.29 is 14.1 Å². The number of carbonyl (C=O) groups is 1. The number of hydrogen-bond acceptors (Lipinski definition) is 6. The Morgan fingerprint density at radius 3 is 2.67 bits per heavy atom. The molecule has 2 aromatic heterocycles. The smallest absolute Gasteiger partial charge is 0.317 e. The highest BCUT2D eigenvalue weighted by molar-refractivity contribution is 5.75. The first-order valence-electron chi connectivity index (χ1n) is 8.62. The standard InChI is InChI=1S/C19H19N5O3/c1-26-16-4-2-13(3-5-16)10-21-19(25)24-11-15(12-24)18-22-17(23-27-18)14-6-8-20-9-7-14/h2-9,15H,10-12H2,1H3,(H,21,25). The summed E-state index contributed by atoms with van der Waals surface area (Å²) in [7, 11) is 1.63. The lowest BCUT2D eigenvalue weighted by molar-refractivity contribution is 0.136. The molecule has 1 N–H and O–H groups in total. The van der Waals surface area contributed by atoms with Crippen LogP contribution in [0.4, 0.5) is 4.79 Å². The minimum atomic E-state index is -0.101. The number of nitrogens with one attached hydrogen (secondary N) is 1. The highest BCUT2D eigenvalue weighted by Crippen LogP contribution is 2.27. The molecule has 0 saturated carbocycles. The van der Waals surface area contributed by atoms with Gasteiger partial charge in [-0.05, 0) is 29.8 Å². The Morgan fingerprint density at radius 1 is 1.22 bits per heavy atom. The van der Waals surface area contributed by atoms with Crippen molar-refractivity contribution in [2.24, 2.45) is 0 Å².